The van der Waals surface area contributed by atoms with Crippen molar-refractivity contribution in [1.82, 2.24) is 25.7 Å². The Balaban J connectivity index is 1.45. The molecule has 0 unspecified atom stereocenters. The van der Waals surface area contributed by atoms with Crippen molar-refractivity contribution in [3.63, 3.8) is 0 Å². The highest BCUT2D eigenvalue weighted by atomic mass is 35.5. The molecule has 15 heteroatoms. The summed E-state index contributed by atoms with van der Waals surface area (Å²) in [6.07, 6.45) is 1.63. The normalized spacial score (nSPS) is 19.8. The third-order valence-corrected chi connectivity index (χ3v) is 10.7. The zero-order valence-corrected chi connectivity index (χ0v) is 31.5. The monoisotopic (exact) mass is 753 g/mol. The number of benzene rings is 2. The Kier molecular flexibility index (Phi) is 10.7. The van der Waals surface area contributed by atoms with Gasteiger partial charge in [0.25, 0.3) is 5.91 Å². The number of nitrogens with zero attached hydrogens (tertiary/aromatic N) is 1. The van der Waals surface area contributed by atoms with E-state index in [2.05, 4.69) is 32.2 Å². The minimum absolute atomic E-state index is 0.104. The van der Waals surface area contributed by atoms with Crippen molar-refractivity contribution in [2.24, 2.45) is 11.3 Å². The van der Waals surface area contributed by atoms with Crippen LogP contribution < -0.4 is 25.4 Å². The van der Waals surface area contributed by atoms with Crippen LogP contribution in [0.5, 0.6) is 11.6 Å². The number of rotatable bonds is 12. The largest absolute Gasteiger partial charge is 0.444 e. The van der Waals surface area contributed by atoms with E-state index in [0.717, 1.165) is 10.8 Å². The molecule has 0 radical (unpaired) electrons. The number of nitrogens with one attached hydrogen (secondary N) is 4. The average molecular weight is 754 g/mol. The van der Waals surface area contributed by atoms with Gasteiger partial charge in [0.15, 0.2) is 0 Å². The first-order valence-electron chi connectivity index (χ1n) is 16.9. The van der Waals surface area contributed by atoms with Crippen LogP contribution in [0.4, 0.5) is 4.79 Å². The van der Waals surface area contributed by atoms with Gasteiger partial charge in [-0.15, -0.1) is 6.58 Å². The predicted octanol–water partition coefficient (Wildman–Crippen LogP) is 5.45. The summed E-state index contributed by atoms with van der Waals surface area (Å²) in [6.45, 7) is 14.0. The number of fused-ring (bicyclic) bond motifs is 1. The number of hydrogen-bond donors (Lipinski definition) is 4. The van der Waals surface area contributed by atoms with E-state index >= 15 is 0 Å². The molecule has 4 N–H and O–H groups in total. The van der Waals surface area contributed by atoms with Gasteiger partial charge in [0.2, 0.25) is 27.7 Å². The fraction of sp³-hybridized carbons (Fsp3) is 0.432. The topological polar surface area (TPSA) is 182 Å². The summed E-state index contributed by atoms with van der Waals surface area (Å²) in [5.41, 5.74) is -2.99. The van der Waals surface area contributed by atoms with Crippen molar-refractivity contribution >= 4 is 56.2 Å². The molecule has 2 aromatic carbocycles. The molecule has 1 heterocycles. The molecular formula is C37H44ClN5O8S. The first kappa shape index (κ1) is 38.5. The van der Waals surface area contributed by atoms with Crippen LogP contribution >= 0.6 is 11.6 Å². The van der Waals surface area contributed by atoms with E-state index in [-0.39, 0.29) is 17.5 Å². The lowest BCUT2D eigenvalue weighted by Crippen LogP contribution is -2.58. The van der Waals surface area contributed by atoms with Crippen molar-refractivity contribution in [2.45, 2.75) is 89.3 Å². The Morgan fingerprint density at radius 3 is 2.21 bits per heavy atom. The van der Waals surface area contributed by atoms with E-state index in [0.29, 0.717) is 24.2 Å². The van der Waals surface area contributed by atoms with Crippen LogP contribution in [0.1, 0.15) is 72.4 Å². The number of aromatic nitrogens is 1. The van der Waals surface area contributed by atoms with Gasteiger partial charge in [-0.05, 0) is 80.7 Å². The molecule has 0 bridgehead atoms. The van der Waals surface area contributed by atoms with Gasteiger partial charge in [-0.3, -0.25) is 19.1 Å². The molecule has 3 aromatic rings. The van der Waals surface area contributed by atoms with Crippen LogP contribution in [0.15, 0.2) is 67.3 Å². The van der Waals surface area contributed by atoms with Gasteiger partial charge in [-0.25, -0.2) is 18.2 Å². The molecule has 0 spiro atoms. The van der Waals surface area contributed by atoms with Crippen molar-refractivity contribution in [1.29, 1.82) is 0 Å². The molecule has 13 nitrogen and oxygen atoms in total. The number of alkyl carbamates (subject to hydrolysis) is 1. The first-order chi connectivity index (χ1) is 24.2. The van der Waals surface area contributed by atoms with Crippen LogP contribution in [0.3, 0.4) is 0 Å². The minimum atomic E-state index is -3.92. The quantitative estimate of drug-likeness (QED) is 0.138. The first-order valence-corrected chi connectivity index (χ1v) is 18.8. The Hall–Kier alpha value is -4.69. The molecule has 278 valence electrons. The Bertz CT molecular complexity index is 2000. The lowest BCUT2D eigenvalue weighted by molar-refractivity contribution is -0.134. The van der Waals surface area contributed by atoms with E-state index in [4.69, 9.17) is 21.1 Å². The summed E-state index contributed by atoms with van der Waals surface area (Å²) in [7, 11) is -3.92. The number of pyridine rings is 1. The van der Waals surface area contributed by atoms with E-state index < -0.39 is 73.6 Å². The molecule has 5 rings (SSSR count). The predicted molar refractivity (Wildman–Crippen MR) is 196 cm³/mol. The second kappa shape index (κ2) is 14.4. The fourth-order valence-corrected chi connectivity index (χ4v) is 7.25. The highest BCUT2D eigenvalue weighted by molar-refractivity contribution is 7.91. The number of sulfonamides is 1. The van der Waals surface area contributed by atoms with Crippen LogP contribution in [-0.4, -0.2) is 59.6 Å². The standard InChI is InChI=1S/C37H44ClN5O8S/c1-8-23-20-37(23,33(46)43-52(48,49)25-17-18-25)42-30(44)28(40-31(45)29(35(2,3)4)41-34(47)51-36(5,6)7)21-13-15-24(16-14-21)50-32-26-12-10-9-11-22(26)19-27(38)39-32/h8-16,19,23,25,28-29H,1,17-18,20H2,2-7H3,(H,40,45)(H,41,47)(H,42,44)(H,43,46)/t23-,28-,29-,37-/m1/s1. The lowest BCUT2D eigenvalue weighted by Gasteiger charge is -2.33. The SMILES string of the molecule is C=C[C@@H]1C[C@]1(NC(=O)[C@H](NC(=O)[C@@H](NC(=O)OC(C)(C)C)C(C)(C)C)c1ccc(Oc2nc(Cl)cc3ccccc23)cc1)C(=O)NS(=O)(=O)C1CC1. The number of ether oxygens (including phenoxy) is 2. The number of halogens is 1. The van der Waals surface area contributed by atoms with Gasteiger partial charge in [0.1, 0.15) is 34.1 Å². The third kappa shape index (κ3) is 9.02. The van der Waals surface area contributed by atoms with Crippen LogP contribution in [0, 0.1) is 11.3 Å². The van der Waals surface area contributed by atoms with Crippen LogP contribution in [-0.2, 0) is 29.1 Å². The Labute approximate surface area is 308 Å². The number of hydrogen-bond acceptors (Lipinski definition) is 9. The summed E-state index contributed by atoms with van der Waals surface area (Å²) >= 11 is 6.24. The molecule has 4 atom stereocenters. The molecule has 1 aromatic heterocycles. The second-order valence-electron chi connectivity index (χ2n) is 15.2. The van der Waals surface area contributed by atoms with Crippen molar-refractivity contribution in [3.05, 3.63) is 78.0 Å². The number of amides is 4. The van der Waals surface area contributed by atoms with Crippen LogP contribution in [0.2, 0.25) is 5.15 Å². The maximum absolute atomic E-state index is 14.2. The number of carbonyl (C=O) groups excluding carboxylic acids is 4. The summed E-state index contributed by atoms with van der Waals surface area (Å²) in [5.74, 6) is -2.33. The molecular weight excluding hydrogens is 710 g/mol. The molecule has 2 aliphatic carbocycles. The summed E-state index contributed by atoms with van der Waals surface area (Å²) in [5, 5.41) is 9.19. The van der Waals surface area contributed by atoms with Gasteiger partial charge in [0, 0.05) is 11.3 Å². The maximum atomic E-state index is 14.2. The van der Waals surface area contributed by atoms with Gasteiger partial charge in [-0.2, -0.15) is 0 Å². The average Bonchev–Trinajstić information content (AvgIpc) is 3.97. The summed E-state index contributed by atoms with van der Waals surface area (Å²) < 4.78 is 38.9. The molecule has 52 heavy (non-hydrogen) atoms. The lowest BCUT2D eigenvalue weighted by atomic mass is 9.86. The van der Waals surface area contributed by atoms with Gasteiger partial charge in [0.05, 0.1) is 5.25 Å². The summed E-state index contributed by atoms with van der Waals surface area (Å²) in [4.78, 5) is 58.7. The van der Waals surface area contributed by atoms with Gasteiger partial charge < -0.3 is 25.4 Å². The van der Waals surface area contributed by atoms with Crippen LogP contribution in [0.25, 0.3) is 10.8 Å². The molecule has 2 saturated carbocycles. The van der Waals surface area contributed by atoms with E-state index in [1.807, 2.05) is 24.3 Å². The number of carbonyl (C=O) groups is 4. The molecule has 0 aliphatic heterocycles. The highest BCUT2D eigenvalue weighted by Crippen LogP contribution is 2.45. The maximum Gasteiger partial charge on any atom is 0.408 e. The zero-order chi connectivity index (χ0) is 38.2. The Morgan fingerprint density at radius 2 is 1.63 bits per heavy atom. The third-order valence-electron chi connectivity index (χ3n) is 8.69. The van der Waals surface area contributed by atoms with Gasteiger partial charge >= 0.3 is 6.09 Å². The van der Waals surface area contributed by atoms with Crippen molar-refractivity contribution in [2.75, 3.05) is 0 Å². The fourth-order valence-electron chi connectivity index (χ4n) is 5.69. The Morgan fingerprint density at radius 1 is 0.981 bits per heavy atom. The molecule has 4 amide bonds. The van der Waals surface area contributed by atoms with E-state index in [1.165, 1.54) is 6.08 Å². The molecule has 2 aliphatic rings. The summed E-state index contributed by atoms with van der Waals surface area (Å²) in [6, 6.07) is 12.8. The van der Waals surface area contributed by atoms with Crippen molar-refractivity contribution < 1.29 is 37.1 Å². The highest BCUT2D eigenvalue weighted by Gasteiger charge is 2.61. The zero-order valence-electron chi connectivity index (χ0n) is 29.9. The van der Waals surface area contributed by atoms with Gasteiger partial charge in [-0.1, -0.05) is 68.8 Å². The van der Waals surface area contributed by atoms with E-state index in [1.54, 1.807) is 71.9 Å². The van der Waals surface area contributed by atoms with Crippen molar-refractivity contribution in [3.8, 4) is 11.6 Å². The molecule has 0 saturated heterocycles. The smallest absolute Gasteiger partial charge is 0.408 e. The molecule has 2 fully saturated rings. The second-order valence-corrected chi connectivity index (χ2v) is 17.6. The minimum Gasteiger partial charge on any atom is -0.444 e. The van der Waals surface area contributed by atoms with E-state index in [9.17, 15) is 27.6 Å².